The lowest BCUT2D eigenvalue weighted by Crippen LogP contribution is -2.23. The average Bonchev–Trinajstić information content (AvgIpc) is 3.51. The summed E-state index contributed by atoms with van der Waals surface area (Å²) in [6.07, 6.45) is 5.69. The van der Waals surface area contributed by atoms with Crippen molar-refractivity contribution in [3.05, 3.63) is 83.4 Å². The van der Waals surface area contributed by atoms with Gasteiger partial charge in [0.05, 0.1) is 0 Å². The number of amides is 2. The molecule has 1 aromatic heterocycles. The van der Waals surface area contributed by atoms with Gasteiger partial charge in [0.1, 0.15) is 5.82 Å². The maximum absolute atomic E-state index is 12.4. The minimum Gasteiger partial charge on any atom is -0.348 e. The van der Waals surface area contributed by atoms with Crippen molar-refractivity contribution >= 4 is 17.5 Å². The summed E-state index contributed by atoms with van der Waals surface area (Å²) in [5, 5.41) is 5.83. The number of anilines is 1. The van der Waals surface area contributed by atoms with Crippen molar-refractivity contribution in [2.75, 3.05) is 5.32 Å². The Morgan fingerprint density at radius 3 is 2.55 bits per heavy atom. The average molecular weight is 388 g/mol. The second kappa shape index (κ2) is 8.31. The molecule has 6 nitrogen and oxygen atoms in total. The van der Waals surface area contributed by atoms with E-state index in [4.69, 9.17) is 0 Å². The van der Waals surface area contributed by atoms with E-state index in [1.165, 1.54) is 0 Å². The van der Waals surface area contributed by atoms with E-state index in [2.05, 4.69) is 32.3 Å². The molecule has 0 aliphatic heterocycles. The summed E-state index contributed by atoms with van der Waals surface area (Å²) in [6.45, 7) is 3.18. The van der Waals surface area contributed by atoms with Crippen molar-refractivity contribution in [3.8, 4) is 0 Å². The molecule has 3 aromatic rings. The molecule has 29 heavy (non-hydrogen) atoms. The highest BCUT2D eigenvalue weighted by Crippen LogP contribution is 2.30. The van der Waals surface area contributed by atoms with Gasteiger partial charge in [-0.05, 0) is 55.2 Å². The maximum Gasteiger partial charge on any atom is 0.251 e. The zero-order valence-corrected chi connectivity index (χ0v) is 16.4. The van der Waals surface area contributed by atoms with E-state index in [0.717, 1.165) is 42.0 Å². The van der Waals surface area contributed by atoms with Crippen LogP contribution in [0.4, 0.5) is 5.69 Å². The summed E-state index contributed by atoms with van der Waals surface area (Å²) in [6, 6.07) is 15.2. The molecule has 148 valence electrons. The standard InChI is InChI=1S/C23H24N4O2/c1-16-24-11-12-27(16)15-18-4-2-3-17(13-18)14-25-22(28)19-7-9-21(10-8-19)26-23(29)20-5-6-20/h2-4,7-13,20H,5-6,14-15H2,1H3,(H,25,28)(H,26,29). The first-order chi connectivity index (χ1) is 14.1. The molecule has 4 rings (SSSR count). The van der Waals surface area contributed by atoms with Gasteiger partial charge in [-0.1, -0.05) is 24.3 Å². The first-order valence-electron chi connectivity index (χ1n) is 9.83. The van der Waals surface area contributed by atoms with E-state index in [9.17, 15) is 9.59 Å². The first kappa shape index (κ1) is 18.9. The highest BCUT2D eigenvalue weighted by molar-refractivity contribution is 5.96. The van der Waals surface area contributed by atoms with Gasteiger partial charge in [-0.3, -0.25) is 9.59 Å². The Morgan fingerprint density at radius 1 is 1.10 bits per heavy atom. The molecular weight excluding hydrogens is 364 g/mol. The summed E-state index contributed by atoms with van der Waals surface area (Å²) in [5.74, 6) is 1.06. The second-order valence-corrected chi connectivity index (χ2v) is 7.45. The van der Waals surface area contributed by atoms with Crippen LogP contribution in [0.1, 0.15) is 40.2 Å². The van der Waals surface area contributed by atoms with Crippen LogP contribution in [0.15, 0.2) is 60.9 Å². The van der Waals surface area contributed by atoms with Crippen molar-refractivity contribution in [3.63, 3.8) is 0 Å². The van der Waals surface area contributed by atoms with Crippen LogP contribution >= 0.6 is 0 Å². The van der Waals surface area contributed by atoms with Crippen LogP contribution in [0.25, 0.3) is 0 Å². The van der Waals surface area contributed by atoms with E-state index in [0.29, 0.717) is 12.1 Å². The summed E-state index contributed by atoms with van der Waals surface area (Å²) in [4.78, 5) is 28.5. The Bertz CT molecular complexity index is 1020. The zero-order chi connectivity index (χ0) is 20.2. The molecule has 1 heterocycles. The van der Waals surface area contributed by atoms with Gasteiger partial charge in [0.2, 0.25) is 5.91 Å². The lowest BCUT2D eigenvalue weighted by Gasteiger charge is -2.10. The molecule has 2 amide bonds. The molecule has 0 atom stereocenters. The number of carbonyl (C=O) groups excluding carboxylic acids is 2. The molecule has 0 unspecified atom stereocenters. The highest BCUT2D eigenvalue weighted by Gasteiger charge is 2.29. The third-order valence-corrected chi connectivity index (χ3v) is 5.08. The smallest absolute Gasteiger partial charge is 0.251 e. The predicted octanol–water partition coefficient (Wildman–Crippen LogP) is 3.52. The molecule has 1 aliphatic rings. The fraction of sp³-hybridized carbons (Fsp3) is 0.261. The van der Waals surface area contributed by atoms with Gasteiger partial charge in [-0.15, -0.1) is 0 Å². The van der Waals surface area contributed by atoms with Crippen molar-refractivity contribution < 1.29 is 9.59 Å². The number of rotatable bonds is 7. The normalized spacial score (nSPS) is 13.1. The van der Waals surface area contributed by atoms with Gasteiger partial charge in [-0.2, -0.15) is 0 Å². The van der Waals surface area contributed by atoms with Crippen molar-refractivity contribution in [1.29, 1.82) is 0 Å². The minimum atomic E-state index is -0.138. The lowest BCUT2D eigenvalue weighted by molar-refractivity contribution is -0.117. The summed E-state index contributed by atoms with van der Waals surface area (Å²) in [7, 11) is 0. The monoisotopic (exact) mass is 388 g/mol. The number of carbonyl (C=O) groups is 2. The van der Waals surface area contributed by atoms with Crippen LogP contribution in [-0.2, 0) is 17.9 Å². The molecule has 1 saturated carbocycles. The highest BCUT2D eigenvalue weighted by atomic mass is 16.2. The number of imidazole rings is 1. The molecule has 2 N–H and O–H groups in total. The van der Waals surface area contributed by atoms with E-state index >= 15 is 0 Å². The van der Waals surface area contributed by atoms with Crippen molar-refractivity contribution in [1.82, 2.24) is 14.9 Å². The molecule has 1 fully saturated rings. The number of benzene rings is 2. The van der Waals surface area contributed by atoms with Gasteiger partial charge in [0.15, 0.2) is 0 Å². The van der Waals surface area contributed by atoms with Crippen molar-refractivity contribution in [2.45, 2.75) is 32.9 Å². The molecule has 0 radical (unpaired) electrons. The minimum absolute atomic E-state index is 0.0629. The molecular formula is C23H24N4O2. The Balaban J connectivity index is 1.32. The van der Waals surface area contributed by atoms with Crippen LogP contribution in [0.3, 0.4) is 0 Å². The van der Waals surface area contributed by atoms with Crippen LogP contribution < -0.4 is 10.6 Å². The number of aryl methyl sites for hydroxylation is 1. The Morgan fingerprint density at radius 2 is 1.86 bits per heavy atom. The van der Waals surface area contributed by atoms with Crippen LogP contribution in [0.5, 0.6) is 0 Å². The van der Waals surface area contributed by atoms with E-state index < -0.39 is 0 Å². The first-order valence-corrected chi connectivity index (χ1v) is 9.83. The molecule has 2 aromatic carbocycles. The van der Waals surface area contributed by atoms with E-state index in [1.54, 1.807) is 30.5 Å². The van der Waals surface area contributed by atoms with Crippen LogP contribution in [0.2, 0.25) is 0 Å². The quantitative estimate of drug-likeness (QED) is 0.650. The summed E-state index contributed by atoms with van der Waals surface area (Å²) >= 11 is 0. The largest absolute Gasteiger partial charge is 0.348 e. The number of nitrogens with one attached hydrogen (secondary N) is 2. The molecule has 0 bridgehead atoms. The number of hydrogen-bond acceptors (Lipinski definition) is 3. The van der Waals surface area contributed by atoms with Crippen molar-refractivity contribution in [2.24, 2.45) is 5.92 Å². The summed E-state index contributed by atoms with van der Waals surface area (Å²) < 4.78 is 2.08. The summed E-state index contributed by atoms with van der Waals surface area (Å²) in [5.41, 5.74) is 3.50. The van der Waals surface area contributed by atoms with E-state index in [-0.39, 0.29) is 17.7 Å². The van der Waals surface area contributed by atoms with Gasteiger partial charge < -0.3 is 15.2 Å². The topological polar surface area (TPSA) is 76.0 Å². The van der Waals surface area contributed by atoms with E-state index in [1.807, 2.05) is 25.3 Å². The Hall–Kier alpha value is -3.41. The number of nitrogens with zero attached hydrogens (tertiary/aromatic N) is 2. The Kier molecular flexibility index (Phi) is 5.42. The molecule has 0 saturated heterocycles. The third-order valence-electron chi connectivity index (χ3n) is 5.08. The molecule has 1 aliphatic carbocycles. The number of aromatic nitrogens is 2. The van der Waals surface area contributed by atoms with Gasteiger partial charge >= 0.3 is 0 Å². The lowest BCUT2D eigenvalue weighted by atomic mass is 10.1. The Labute approximate surface area is 170 Å². The zero-order valence-electron chi connectivity index (χ0n) is 16.4. The predicted molar refractivity (Wildman–Crippen MR) is 111 cm³/mol. The molecule has 6 heteroatoms. The molecule has 0 spiro atoms. The number of hydrogen-bond donors (Lipinski definition) is 2. The van der Waals surface area contributed by atoms with Crippen LogP contribution in [0, 0.1) is 12.8 Å². The fourth-order valence-electron chi connectivity index (χ4n) is 3.18. The second-order valence-electron chi connectivity index (χ2n) is 7.45. The maximum atomic E-state index is 12.4. The van der Waals surface area contributed by atoms with Gasteiger partial charge in [0, 0.05) is 42.7 Å². The van der Waals surface area contributed by atoms with Gasteiger partial charge in [0.25, 0.3) is 5.91 Å². The SMILES string of the molecule is Cc1nccn1Cc1cccc(CNC(=O)c2ccc(NC(=O)C3CC3)cc2)c1. The fourth-order valence-corrected chi connectivity index (χ4v) is 3.18. The third kappa shape index (κ3) is 4.90. The van der Waals surface area contributed by atoms with Crippen LogP contribution in [-0.4, -0.2) is 21.4 Å². The van der Waals surface area contributed by atoms with Gasteiger partial charge in [-0.25, -0.2) is 4.98 Å².